The van der Waals surface area contributed by atoms with E-state index in [4.69, 9.17) is 4.74 Å². The maximum atomic E-state index is 13.6. The number of aliphatic hydroxyl groups excluding tert-OH is 1. The summed E-state index contributed by atoms with van der Waals surface area (Å²) in [5.74, 6) is 0.424. The summed E-state index contributed by atoms with van der Waals surface area (Å²) < 4.78 is 19.7. The fraction of sp³-hybridized carbons (Fsp3) is 0.435. The molecular formula is C23H30FIN4O2. The van der Waals surface area contributed by atoms with Gasteiger partial charge >= 0.3 is 0 Å². The van der Waals surface area contributed by atoms with E-state index in [1.807, 2.05) is 6.07 Å². The number of ether oxygens (including phenoxy) is 1. The largest absolute Gasteiger partial charge is 0.392 e. The van der Waals surface area contributed by atoms with Crippen molar-refractivity contribution in [1.82, 2.24) is 15.1 Å². The molecule has 2 unspecified atom stereocenters. The van der Waals surface area contributed by atoms with Crippen LogP contribution in [0.25, 0.3) is 0 Å². The number of halogens is 2. The highest BCUT2D eigenvalue weighted by atomic mass is 127. The van der Waals surface area contributed by atoms with Crippen LogP contribution < -0.4 is 5.32 Å². The van der Waals surface area contributed by atoms with E-state index in [2.05, 4.69) is 44.4 Å². The number of rotatable bonds is 5. The topological polar surface area (TPSA) is 60.3 Å². The molecule has 2 aromatic carbocycles. The van der Waals surface area contributed by atoms with Gasteiger partial charge in [-0.1, -0.05) is 36.4 Å². The molecular weight excluding hydrogens is 510 g/mol. The number of hydrogen-bond acceptors (Lipinski definition) is 4. The van der Waals surface area contributed by atoms with Gasteiger partial charge < -0.3 is 20.1 Å². The molecule has 31 heavy (non-hydrogen) atoms. The van der Waals surface area contributed by atoms with Crippen LogP contribution in [-0.4, -0.2) is 66.3 Å². The zero-order valence-corrected chi connectivity index (χ0v) is 20.0. The summed E-state index contributed by atoms with van der Waals surface area (Å²) in [5, 5.41) is 12.6. The number of likely N-dealkylation sites (tertiary alicyclic amines) is 1. The van der Waals surface area contributed by atoms with Gasteiger partial charge in [0.15, 0.2) is 5.96 Å². The molecule has 2 atom stereocenters. The predicted octanol–water partition coefficient (Wildman–Crippen LogP) is 2.60. The number of aliphatic hydroxyl groups is 1. The van der Waals surface area contributed by atoms with Crippen LogP contribution in [0.1, 0.15) is 16.7 Å². The molecule has 2 aliphatic heterocycles. The molecule has 2 aliphatic rings. The SMILES string of the molecule is CN=C(NCc1ccc(F)c(CO)c1)N1CC2OCCN(Cc3ccccc3)C2C1.I. The smallest absolute Gasteiger partial charge is 0.194 e. The maximum Gasteiger partial charge on any atom is 0.194 e. The molecule has 2 heterocycles. The van der Waals surface area contributed by atoms with Crippen molar-refractivity contribution in [2.45, 2.75) is 31.8 Å². The number of benzene rings is 2. The Kier molecular flexibility index (Phi) is 8.65. The Morgan fingerprint density at radius 1 is 1.19 bits per heavy atom. The highest BCUT2D eigenvalue weighted by Crippen LogP contribution is 2.24. The van der Waals surface area contributed by atoms with Crippen molar-refractivity contribution in [3.8, 4) is 0 Å². The Bertz CT molecular complexity index is 883. The first kappa shape index (κ1) is 23.9. The molecule has 6 nitrogen and oxygen atoms in total. The molecule has 0 amide bonds. The molecule has 0 saturated carbocycles. The van der Waals surface area contributed by atoms with Gasteiger partial charge in [0.25, 0.3) is 0 Å². The van der Waals surface area contributed by atoms with Gasteiger partial charge in [-0.2, -0.15) is 0 Å². The van der Waals surface area contributed by atoms with Crippen molar-refractivity contribution < 1.29 is 14.2 Å². The first-order valence-electron chi connectivity index (χ1n) is 10.4. The lowest BCUT2D eigenvalue weighted by atomic mass is 10.1. The highest BCUT2D eigenvalue weighted by Gasteiger charge is 2.41. The van der Waals surface area contributed by atoms with Gasteiger partial charge in [0.2, 0.25) is 0 Å². The monoisotopic (exact) mass is 540 g/mol. The second-order valence-electron chi connectivity index (χ2n) is 7.82. The molecule has 2 saturated heterocycles. The van der Waals surface area contributed by atoms with Gasteiger partial charge in [-0.15, -0.1) is 24.0 Å². The lowest BCUT2D eigenvalue weighted by Gasteiger charge is -2.36. The minimum absolute atomic E-state index is 0. The Balaban J connectivity index is 0.00000272. The number of nitrogens with zero attached hydrogens (tertiary/aromatic N) is 3. The van der Waals surface area contributed by atoms with Crippen LogP contribution in [0.2, 0.25) is 0 Å². The van der Waals surface area contributed by atoms with Gasteiger partial charge in [0.05, 0.1) is 25.4 Å². The van der Waals surface area contributed by atoms with Crippen molar-refractivity contribution >= 4 is 29.9 Å². The molecule has 0 bridgehead atoms. The van der Waals surface area contributed by atoms with Crippen molar-refractivity contribution in [2.75, 3.05) is 33.3 Å². The summed E-state index contributed by atoms with van der Waals surface area (Å²) in [7, 11) is 1.77. The second-order valence-corrected chi connectivity index (χ2v) is 7.82. The first-order valence-corrected chi connectivity index (χ1v) is 10.4. The molecule has 0 radical (unpaired) electrons. The van der Waals surface area contributed by atoms with E-state index >= 15 is 0 Å². The van der Waals surface area contributed by atoms with Gasteiger partial charge in [0, 0.05) is 45.3 Å². The van der Waals surface area contributed by atoms with E-state index in [0.29, 0.717) is 18.2 Å². The number of nitrogens with one attached hydrogen (secondary N) is 1. The third-order valence-corrected chi connectivity index (χ3v) is 5.89. The van der Waals surface area contributed by atoms with Crippen LogP contribution in [0, 0.1) is 5.82 Å². The summed E-state index contributed by atoms with van der Waals surface area (Å²) in [4.78, 5) is 9.18. The quantitative estimate of drug-likeness (QED) is 0.347. The Morgan fingerprint density at radius 3 is 2.74 bits per heavy atom. The summed E-state index contributed by atoms with van der Waals surface area (Å²) in [6.45, 7) is 4.44. The van der Waals surface area contributed by atoms with Gasteiger partial charge in [-0.3, -0.25) is 9.89 Å². The summed E-state index contributed by atoms with van der Waals surface area (Å²) in [6, 6.07) is 15.7. The van der Waals surface area contributed by atoms with E-state index < -0.39 is 0 Å². The van der Waals surface area contributed by atoms with Gasteiger partial charge in [0.1, 0.15) is 5.82 Å². The van der Waals surface area contributed by atoms with Crippen LogP contribution in [0.4, 0.5) is 4.39 Å². The number of guanidine groups is 1. The first-order chi connectivity index (χ1) is 14.7. The molecule has 168 valence electrons. The van der Waals surface area contributed by atoms with E-state index in [0.717, 1.165) is 44.3 Å². The van der Waals surface area contributed by atoms with Crippen LogP contribution >= 0.6 is 24.0 Å². The molecule has 2 fully saturated rings. The van der Waals surface area contributed by atoms with Crippen LogP contribution in [0.5, 0.6) is 0 Å². The maximum absolute atomic E-state index is 13.6. The Labute approximate surface area is 200 Å². The van der Waals surface area contributed by atoms with Crippen LogP contribution in [-0.2, 0) is 24.4 Å². The zero-order valence-electron chi connectivity index (χ0n) is 17.7. The van der Waals surface area contributed by atoms with Crippen LogP contribution in [0.15, 0.2) is 53.5 Å². The average molecular weight is 540 g/mol. The fourth-order valence-corrected chi connectivity index (χ4v) is 4.32. The Morgan fingerprint density at radius 2 is 2.00 bits per heavy atom. The lowest BCUT2D eigenvalue weighted by Crippen LogP contribution is -2.50. The van der Waals surface area contributed by atoms with E-state index in [-0.39, 0.29) is 42.5 Å². The van der Waals surface area contributed by atoms with Gasteiger partial charge in [-0.05, 0) is 23.3 Å². The van der Waals surface area contributed by atoms with E-state index in [1.54, 1.807) is 19.2 Å². The Hall–Kier alpha value is -1.75. The van der Waals surface area contributed by atoms with E-state index in [1.165, 1.54) is 11.6 Å². The fourth-order valence-electron chi connectivity index (χ4n) is 4.32. The minimum Gasteiger partial charge on any atom is -0.392 e. The minimum atomic E-state index is -0.384. The molecule has 2 aromatic rings. The summed E-state index contributed by atoms with van der Waals surface area (Å²) in [5.41, 5.74) is 2.52. The number of morpholine rings is 1. The lowest BCUT2D eigenvalue weighted by molar-refractivity contribution is -0.0502. The number of fused-ring (bicyclic) bond motifs is 1. The highest BCUT2D eigenvalue weighted by molar-refractivity contribution is 14.0. The second kappa shape index (κ2) is 11.2. The van der Waals surface area contributed by atoms with Crippen LogP contribution in [0.3, 0.4) is 0 Å². The third kappa shape index (κ3) is 5.74. The predicted molar refractivity (Wildman–Crippen MR) is 130 cm³/mol. The van der Waals surface area contributed by atoms with E-state index in [9.17, 15) is 9.50 Å². The molecule has 0 aromatic heterocycles. The molecule has 2 N–H and O–H groups in total. The number of hydrogen-bond donors (Lipinski definition) is 2. The van der Waals surface area contributed by atoms with Crippen molar-refractivity contribution in [1.29, 1.82) is 0 Å². The summed E-state index contributed by atoms with van der Waals surface area (Å²) >= 11 is 0. The molecule has 8 heteroatoms. The molecule has 0 spiro atoms. The summed E-state index contributed by atoms with van der Waals surface area (Å²) in [6.07, 6.45) is 0.160. The van der Waals surface area contributed by atoms with Crippen molar-refractivity contribution in [3.63, 3.8) is 0 Å². The molecule has 4 rings (SSSR count). The zero-order chi connectivity index (χ0) is 20.9. The van der Waals surface area contributed by atoms with Crippen molar-refractivity contribution in [3.05, 3.63) is 71.0 Å². The van der Waals surface area contributed by atoms with Gasteiger partial charge in [-0.25, -0.2) is 4.39 Å². The standard InChI is InChI=1S/C23H29FN4O2.HI/c1-25-23(26-12-18-7-8-20(24)19(11-18)16-29)28-14-21-22(15-28)30-10-9-27(21)13-17-5-3-2-4-6-17;/h2-8,11,21-22,29H,9-10,12-16H2,1H3,(H,25,26);1H. The third-order valence-electron chi connectivity index (χ3n) is 5.89. The van der Waals surface area contributed by atoms with Crippen molar-refractivity contribution in [2.24, 2.45) is 4.99 Å². The number of aliphatic imine (C=N–C) groups is 1. The molecule has 0 aliphatic carbocycles. The average Bonchev–Trinajstić information content (AvgIpc) is 3.21. The normalized spacial score (nSPS) is 21.5.